The van der Waals surface area contributed by atoms with Gasteiger partial charge in [0.25, 0.3) is 0 Å². The van der Waals surface area contributed by atoms with Crippen molar-refractivity contribution in [2.75, 3.05) is 19.6 Å². The van der Waals surface area contributed by atoms with Gasteiger partial charge >= 0.3 is 0 Å². The normalized spacial score (nSPS) is 35.8. The zero-order valence-electron chi connectivity index (χ0n) is 10.9. The molecule has 1 saturated heterocycles. The van der Waals surface area contributed by atoms with Crippen LogP contribution in [0.25, 0.3) is 0 Å². The van der Waals surface area contributed by atoms with Crippen LogP contribution >= 0.6 is 0 Å². The van der Waals surface area contributed by atoms with Gasteiger partial charge in [0.2, 0.25) is 5.91 Å². The molecule has 4 heteroatoms. The summed E-state index contributed by atoms with van der Waals surface area (Å²) in [6.45, 7) is 5.89. The molecule has 17 heavy (non-hydrogen) atoms. The summed E-state index contributed by atoms with van der Waals surface area (Å²) in [6, 6.07) is 0. The van der Waals surface area contributed by atoms with Crippen LogP contribution in [0.3, 0.4) is 0 Å². The van der Waals surface area contributed by atoms with Crippen molar-refractivity contribution in [2.45, 2.75) is 39.2 Å². The molecule has 0 aromatic heterocycles. The molecule has 4 nitrogen and oxygen atoms in total. The van der Waals surface area contributed by atoms with E-state index in [0.29, 0.717) is 18.4 Å². The number of likely N-dealkylation sites (tertiary alicyclic amines) is 1. The number of carbonyl (C=O) groups excluding carboxylic acids is 1. The lowest BCUT2D eigenvalue weighted by molar-refractivity contribution is -0.140. The molecule has 0 aromatic carbocycles. The molecule has 3 N–H and O–H groups in total. The predicted octanol–water partition coefficient (Wildman–Crippen LogP) is 0.591. The Morgan fingerprint density at radius 1 is 1.47 bits per heavy atom. The topological polar surface area (TPSA) is 66.6 Å². The van der Waals surface area contributed by atoms with Gasteiger partial charge in [-0.05, 0) is 32.1 Å². The van der Waals surface area contributed by atoms with Crippen molar-refractivity contribution in [1.29, 1.82) is 0 Å². The summed E-state index contributed by atoms with van der Waals surface area (Å²) in [7, 11) is 0. The molecular weight excluding hydrogens is 216 g/mol. The molecule has 1 amide bonds. The molecule has 0 radical (unpaired) electrons. The van der Waals surface area contributed by atoms with Crippen LogP contribution in [0.5, 0.6) is 0 Å². The summed E-state index contributed by atoms with van der Waals surface area (Å²) in [6.07, 6.45) is 2.53. The molecule has 1 saturated carbocycles. The highest BCUT2D eigenvalue weighted by Gasteiger charge is 2.46. The second-order valence-corrected chi connectivity index (χ2v) is 5.90. The SMILES string of the molecule is CCC(C)(CN)C(=O)N1CC2CCC(O)C2C1. The third-order valence-electron chi connectivity index (χ3n) is 4.85. The minimum absolute atomic E-state index is 0.170. The molecule has 2 aliphatic rings. The van der Waals surface area contributed by atoms with E-state index in [4.69, 9.17) is 5.73 Å². The predicted molar refractivity (Wildman–Crippen MR) is 66.3 cm³/mol. The van der Waals surface area contributed by atoms with Crippen LogP contribution in [-0.4, -0.2) is 41.7 Å². The standard InChI is InChI=1S/C13H24N2O2/c1-3-13(2,8-14)12(17)15-6-9-4-5-11(16)10(9)7-15/h9-11,16H,3-8,14H2,1-2H3. The molecule has 4 atom stereocenters. The molecular formula is C13H24N2O2. The zero-order valence-corrected chi connectivity index (χ0v) is 10.9. The Morgan fingerprint density at radius 3 is 2.71 bits per heavy atom. The van der Waals surface area contributed by atoms with E-state index in [1.807, 2.05) is 18.7 Å². The molecule has 2 fully saturated rings. The zero-order chi connectivity index (χ0) is 12.6. The molecule has 1 aliphatic heterocycles. The molecule has 4 unspecified atom stereocenters. The Bertz CT molecular complexity index is 302. The van der Waals surface area contributed by atoms with E-state index in [1.54, 1.807) is 0 Å². The Morgan fingerprint density at radius 2 is 2.18 bits per heavy atom. The van der Waals surface area contributed by atoms with Crippen molar-refractivity contribution in [2.24, 2.45) is 23.0 Å². The van der Waals surface area contributed by atoms with Gasteiger partial charge in [0.15, 0.2) is 0 Å². The number of fused-ring (bicyclic) bond motifs is 1. The Balaban J connectivity index is 2.04. The van der Waals surface area contributed by atoms with Crippen molar-refractivity contribution in [3.8, 4) is 0 Å². The first kappa shape index (κ1) is 12.8. The van der Waals surface area contributed by atoms with Crippen molar-refractivity contribution in [3.63, 3.8) is 0 Å². The summed E-state index contributed by atoms with van der Waals surface area (Å²) >= 11 is 0. The van der Waals surface area contributed by atoms with Gasteiger partial charge in [-0.3, -0.25) is 4.79 Å². The number of hydrogen-bond acceptors (Lipinski definition) is 3. The highest BCUT2D eigenvalue weighted by atomic mass is 16.3. The second kappa shape index (κ2) is 4.58. The van der Waals surface area contributed by atoms with E-state index in [1.165, 1.54) is 0 Å². The van der Waals surface area contributed by atoms with Gasteiger partial charge in [0.1, 0.15) is 0 Å². The summed E-state index contributed by atoms with van der Waals surface area (Å²) in [5.74, 6) is 0.981. The summed E-state index contributed by atoms with van der Waals surface area (Å²) in [4.78, 5) is 14.4. The van der Waals surface area contributed by atoms with E-state index in [-0.39, 0.29) is 12.0 Å². The Hall–Kier alpha value is -0.610. The summed E-state index contributed by atoms with van der Waals surface area (Å²) in [5, 5.41) is 9.85. The quantitative estimate of drug-likeness (QED) is 0.759. The van der Waals surface area contributed by atoms with Crippen LogP contribution in [-0.2, 0) is 4.79 Å². The fourth-order valence-electron chi connectivity index (χ4n) is 3.17. The van der Waals surface area contributed by atoms with Gasteiger partial charge in [-0.25, -0.2) is 0 Å². The lowest BCUT2D eigenvalue weighted by Gasteiger charge is -2.31. The monoisotopic (exact) mass is 240 g/mol. The van der Waals surface area contributed by atoms with E-state index < -0.39 is 5.41 Å². The van der Waals surface area contributed by atoms with Gasteiger partial charge in [-0.2, -0.15) is 0 Å². The molecule has 1 aliphatic carbocycles. The van der Waals surface area contributed by atoms with Crippen LogP contribution in [0.2, 0.25) is 0 Å². The van der Waals surface area contributed by atoms with Crippen LogP contribution in [0.4, 0.5) is 0 Å². The number of rotatable bonds is 3. The van der Waals surface area contributed by atoms with E-state index >= 15 is 0 Å². The summed E-state index contributed by atoms with van der Waals surface area (Å²) < 4.78 is 0. The number of carbonyl (C=O) groups is 1. The smallest absolute Gasteiger partial charge is 0.229 e. The minimum Gasteiger partial charge on any atom is -0.393 e. The summed E-state index contributed by atoms with van der Waals surface area (Å²) in [5.41, 5.74) is 5.31. The fourth-order valence-corrected chi connectivity index (χ4v) is 3.17. The van der Waals surface area contributed by atoms with Crippen LogP contribution < -0.4 is 5.73 Å². The molecule has 0 spiro atoms. The number of amides is 1. The average molecular weight is 240 g/mol. The minimum atomic E-state index is -0.427. The highest BCUT2D eigenvalue weighted by molar-refractivity contribution is 5.83. The van der Waals surface area contributed by atoms with Gasteiger partial charge in [0, 0.05) is 25.6 Å². The van der Waals surface area contributed by atoms with Gasteiger partial charge < -0.3 is 15.7 Å². The van der Waals surface area contributed by atoms with Crippen molar-refractivity contribution in [3.05, 3.63) is 0 Å². The second-order valence-electron chi connectivity index (χ2n) is 5.90. The van der Waals surface area contributed by atoms with Crippen LogP contribution in [0, 0.1) is 17.3 Å². The lowest BCUT2D eigenvalue weighted by Crippen LogP contribution is -2.45. The first-order valence-electron chi connectivity index (χ1n) is 6.69. The molecule has 2 rings (SSSR count). The number of hydrogen-bond donors (Lipinski definition) is 2. The molecule has 1 heterocycles. The number of aliphatic hydroxyl groups is 1. The first-order valence-corrected chi connectivity index (χ1v) is 6.69. The van der Waals surface area contributed by atoms with Gasteiger partial charge in [-0.1, -0.05) is 6.92 Å². The van der Waals surface area contributed by atoms with E-state index in [2.05, 4.69) is 0 Å². The highest BCUT2D eigenvalue weighted by Crippen LogP contribution is 2.39. The van der Waals surface area contributed by atoms with E-state index in [9.17, 15) is 9.90 Å². The Kier molecular flexibility index (Phi) is 3.46. The third-order valence-corrected chi connectivity index (χ3v) is 4.85. The van der Waals surface area contributed by atoms with Crippen molar-refractivity contribution in [1.82, 2.24) is 4.90 Å². The van der Waals surface area contributed by atoms with Crippen molar-refractivity contribution < 1.29 is 9.90 Å². The molecule has 0 aromatic rings. The van der Waals surface area contributed by atoms with Gasteiger partial charge in [0.05, 0.1) is 11.5 Å². The maximum Gasteiger partial charge on any atom is 0.229 e. The van der Waals surface area contributed by atoms with E-state index in [0.717, 1.165) is 32.4 Å². The first-order chi connectivity index (χ1) is 8.01. The number of nitrogens with zero attached hydrogens (tertiary/aromatic N) is 1. The molecule has 0 bridgehead atoms. The number of aliphatic hydroxyl groups excluding tert-OH is 1. The molecule has 98 valence electrons. The fraction of sp³-hybridized carbons (Fsp3) is 0.923. The lowest BCUT2D eigenvalue weighted by atomic mass is 9.86. The maximum absolute atomic E-state index is 12.4. The number of nitrogens with two attached hydrogens (primary N) is 1. The average Bonchev–Trinajstić information content (AvgIpc) is 2.90. The van der Waals surface area contributed by atoms with Crippen LogP contribution in [0.1, 0.15) is 33.1 Å². The Labute approximate surface area is 103 Å². The van der Waals surface area contributed by atoms with Crippen LogP contribution in [0.15, 0.2) is 0 Å². The third kappa shape index (κ3) is 2.08. The van der Waals surface area contributed by atoms with Crippen molar-refractivity contribution >= 4 is 5.91 Å². The maximum atomic E-state index is 12.4. The van der Waals surface area contributed by atoms with Gasteiger partial charge in [-0.15, -0.1) is 0 Å². The largest absolute Gasteiger partial charge is 0.393 e.